The number of rotatable bonds is 7. The van der Waals surface area contributed by atoms with Crippen molar-refractivity contribution in [2.24, 2.45) is 0 Å². The number of alkyl halides is 3. The molecule has 118 valence electrons. The zero-order valence-corrected chi connectivity index (χ0v) is 12.0. The maximum Gasteiger partial charge on any atom is 0.433 e. The van der Waals surface area contributed by atoms with Gasteiger partial charge in [-0.25, -0.2) is 9.78 Å². The lowest BCUT2D eigenvalue weighted by atomic mass is 10.1. The number of aromatic carboxylic acids is 1. The van der Waals surface area contributed by atoms with Crippen LogP contribution in [0.3, 0.4) is 0 Å². The SMILES string of the molecule is CCCCCC(C)Nc1nc(C(F)(F)F)ccc1C(=O)O. The Morgan fingerprint density at radius 2 is 2.05 bits per heavy atom. The minimum atomic E-state index is -4.60. The first-order valence-corrected chi connectivity index (χ1v) is 6.83. The zero-order valence-electron chi connectivity index (χ0n) is 12.0. The van der Waals surface area contributed by atoms with E-state index in [1.165, 1.54) is 0 Å². The van der Waals surface area contributed by atoms with E-state index in [1.807, 2.05) is 0 Å². The van der Waals surface area contributed by atoms with Crippen LogP contribution in [0.2, 0.25) is 0 Å². The molecule has 1 aromatic rings. The third-order valence-corrected chi connectivity index (χ3v) is 3.04. The maximum atomic E-state index is 12.6. The summed E-state index contributed by atoms with van der Waals surface area (Å²) >= 11 is 0. The van der Waals surface area contributed by atoms with Gasteiger partial charge in [0.1, 0.15) is 17.1 Å². The first kappa shape index (κ1) is 17.3. The number of unbranched alkanes of at least 4 members (excludes halogenated alkanes) is 2. The molecule has 0 amide bonds. The van der Waals surface area contributed by atoms with Crippen LogP contribution >= 0.6 is 0 Å². The van der Waals surface area contributed by atoms with Crippen molar-refractivity contribution in [3.8, 4) is 0 Å². The van der Waals surface area contributed by atoms with E-state index >= 15 is 0 Å². The molecule has 0 aliphatic rings. The molecular weight excluding hydrogens is 285 g/mol. The molecule has 0 saturated heterocycles. The minimum absolute atomic E-state index is 0.148. The highest BCUT2D eigenvalue weighted by Gasteiger charge is 2.33. The van der Waals surface area contributed by atoms with E-state index in [-0.39, 0.29) is 17.4 Å². The van der Waals surface area contributed by atoms with Crippen molar-refractivity contribution in [3.05, 3.63) is 23.4 Å². The molecule has 0 fully saturated rings. The van der Waals surface area contributed by atoms with Crippen molar-refractivity contribution >= 4 is 11.8 Å². The van der Waals surface area contributed by atoms with Gasteiger partial charge in [0.15, 0.2) is 0 Å². The summed E-state index contributed by atoms with van der Waals surface area (Å²) < 4.78 is 37.9. The third kappa shape index (κ3) is 5.24. The lowest BCUT2D eigenvalue weighted by molar-refractivity contribution is -0.141. The fourth-order valence-electron chi connectivity index (χ4n) is 1.91. The molecule has 0 bridgehead atoms. The van der Waals surface area contributed by atoms with Gasteiger partial charge in [-0.1, -0.05) is 26.2 Å². The van der Waals surface area contributed by atoms with E-state index in [0.717, 1.165) is 31.7 Å². The molecule has 0 radical (unpaired) electrons. The lowest BCUT2D eigenvalue weighted by Gasteiger charge is -2.17. The largest absolute Gasteiger partial charge is 0.478 e. The Hall–Kier alpha value is -1.79. The molecule has 0 aliphatic heterocycles. The van der Waals surface area contributed by atoms with Gasteiger partial charge in [0, 0.05) is 6.04 Å². The Morgan fingerprint density at radius 1 is 1.38 bits per heavy atom. The number of anilines is 1. The van der Waals surface area contributed by atoms with Gasteiger partial charge in [-0.2, -0.15) is 13.2 Å². The molecule has 7 heteroatoms. The number of hydrogen-bond donors (Lipinski definition) is 2. The van der Waals surface area contributed by atoms with Crippen LogP contribution in [0.1, 0.15) is 55.6 Å². The van der Waals surface area contributed by atoms with Gasteiger partial charge in [0.05, 0.1) is 0 Å². The predicted octanol–water partition coefficient (Wildman–Crippen LogP) is 4.18. The fourth-order valence-corrected chi connectivity index (χ4v) is 1.91. The van der Waals surface area contributed by atoms with E-state index < -0.39 is 17.8 Å². The van der Waals surface area contributed by atoms with E-state index in [9.17, 15) is 18.0 Å². The smallest absolute Gasteiger partial charge is 0.433 e. The first-order chi connectivity index (χ1) is 9.75. The summed E-state index contributed by atoms with van der Waals surface area (Å²) in [5, 5.41) is 11.8. The molecule has 0 aliphatic carbocycles. The van der Waals surface area contributed by atoms with Gasteiger partial charge in [-0.05, 0) is 25.5 Å². The van der Waals surface area contributed by atoms with Crippen LogP contribution in [-0.4, -0.2) is 22.1 Å². The van der Waals surface area contributed by atoms with Gasteiger partial charge in [0.2, 0.25) is 0 Å². The van der Waals surface area contributed by atoms with Gasteiger partial charge in [0.25, 0.3) is 0 Å². The van der Waals surface area contributed by atoms with Crippen molar-refractivity contribution in [3.63, 3.8) is 0 Å². The summed E-state index contributed by atoms with van der Waals surface area (Å²) in [6, 6.07) is 1.46. The lowest BCUT2D eigenvalue weighted by Crippen LogP contribution is -2.20. The number of aromatic nitrogens is 1. The molecule has 1 rings (SSSR count). The quantitative estimate of drug-likeness (QED) is 0.742. The number of pyridine rings is 1. The van der Waals surface area contributed by atoms with Crippen molar-refractivity contribution in [1.82, 2.24) is 4.98 Å². The van der Waals surface area contributed by atoms with Crippen molar-refractivity contribution in [2.75, 3.05) is 5.32 Å². The Balaban J connectivity index is 2.93. The Labute approximate surface area is 121 Å². The predicted molar refractivity (Wildman–Crippen MR) is 73.4 cm³/mol. The molecule has 1 heterocycles. The molecule has 1 unspecified atom stereocenters. The van der Waals surface area contributed by atoms with Crippen molar-refractivity contribution < 1.29 is 23.1 Å². The molecule has 1 aromatic heterocycles. The second-order valence-electron chi connectivity index (χ2n) is 4.94. The Morgan fingerprint density at radius 3 is 2.57 bits per heavy atom. The average molecular weight is 304 g/mol. The molecule has 2 N–H and O–H groups in total. The van der Waals surface area contributed by atoms with Gasteiger partial charge in [-0.3, -0.25) is 0 Å². The van der Waals surface area contributed by atoms with E-state index in [4.69, 9.17) is 5.11 Å². The Bertz CT molecular complexity index is 490. The highest BCUT2D eigenvalue weighted by atomic mass is 19.4. The van der Waals surface area contributed by atoms with E-state index in [0.29, 0.717) is 6.07 Å². The first-order valence-electron chi connectivity index (χ1n) is 6.83. The van der Waals surface area contributed by atoms with E-state index in [1.54, 1.807) is 6.92 Å². The number of nitrogens with zero attached hydrogens (tertiary/aromatic N) is 1. The van der Waals surface area contributed by atoms with Crippen LogP contribution in [0, 0.1) is 0 Å². The van der Waals surface area contributed by atoms with Crippen molar-refractivity contribution in [2.45, 2.75) is 51.7 Å². The monoisotopic (exact) mass is 304 g/mol. The number of carbonyl (C=O) groups is 1. The summed E-state index contributed by atoms with van der Waals surface area (Å²) in [6.45, 7) is 3.85. The number of halogens is 3. The molecule has 0 spiro atoms. The summed E-state index contributed by atoms with van der Waals surface area (Å²) in [7, 11) is 0. The normalized spacial score (nSPS) is 13.0. The molecule has 0 aromatic carbocycles. The van der Waals surface area contributed by atoms with Crippen LogP contribution in [0.5, 0.6) is 0 Å². The Kier molecular flexibility index (Phi) is 5.99. The van der Waals surface area contributed by atoms with Crippen LogP contribution in [0.4, 0.5) is 19.0 Å². The van der Waals surface area contributed by atoms with Gasteiger partial charge >= 0.3 is 12.1 Å². The van der Waals surface area contributed by atoms with E-state index in [2.05, 4.69) is 17.2 Å². The highest BCUT2D eigenvalue weighted by Crippen LogP contribution is 2.29. The summed E-state index contributed by atoms with van der Waals surface area (Å²) in [5.74, 6) is -1.54. The van der Waals surface area contributed by atoms with Gasteiger partial charge < -0.3 is 10.4 Å². The molecule has 4 nitrogen and oxygen atoms in total. The summed E-state index contributed by atoms with van der Waals surface area (Å²) in [4.78, 5) is 14.5. The van der Waals surface area contributed by atoms with Crippen LogP contribution in [0.25, 0.3) is 0 Å². The summed E-state index contributed by atoms with van der Waals surface area (Å²) in [5.41, 5.74) is -1.36. The molecular formula is C14H19F3N2O2. The van der Waals surface area contributed by atoms with Crippen LogP contribution in [0.15, 0.2) is 12.1 Å². The van der Waals surface area contributed by atoms with Crippen molar-refractivity contribution in [1.29, 1.82) is 0 Å². The average Bonchev–Trinajstić information content (AvgIpc) is 2.37. The second-order valence-corrected chi connectivity index (χ2v) is 4.94. The molecule has 21 heavy (non-hydrogen) atoms. The number of nitrogens with one attached hydrogen (secondary N) is 1. The minimum Gasteiger partial charge on any atom is -0.478 e. The van der Waals surface area contributed by atoms with Crippen LogP contribution < -0.4 is 5.32 Å². The third-order valence-electron chi connectivity index (χ3n) is 3.04. The number of carboxylic acids is 1. The molecule has 0 saturated carbocycles. The molecule has 1 atom stereocenters. The van der Waals surface area contributed by atoms with Crippen LogP contribution in [-0.2, 0) is 6.18 Å². The number of hydrogen-bond acceptors (Lipinski definition) is 3. The highest BCUT2D eigenvalue weighted by molar-refractivity contribution is 5.93. The van der Waals surface area contributed by atoms with Gasteiger partial charge in [-0.15, -0.1) is 0 Å². The maximum absolute atomic E-state index is 12.6. The topological polar surface area (TPSA) is 62.2 Å². The second kappa shape index (κ2) is 7.28. The summed E-state index contributed by atoms with van der Waals surface area (Å²) in [6.07, 6.45) is -0.876. The zero-order chi connectivity index (χ0) is 16.0. The fraction of sp³-hybridized carbons (Fsp3) is 0.571. The standard InChI is InChI=1S/C14H19F3N2O2/c1-3-4-5-6-9(2)18-12-10(13(20)21)7-8-11(19-12)14(15,16)17/h7-9H,3-6H2,1-2H3,(H,18,19)(H,20,21). The number of carboxylic acid groups (broad SMARTS) is 1.